The minimum atomic E-state index is -1.12. The first kappa shape index (κ1) is 55.8. The SMILES string of the molecule is CCCCCC/C=C\C/C=C\CCCCCCCCCC(=O)OC(COCCC(C(=O)[O-])[N+](C)(C)C)COC(=O)CCCCCCCCCCCCCCCCCC. The number of carbonyl (C=O) groups is 3. The predicted octanol–water partition coefficient (Wildman–Crippen LogP) is 12.3. The molecule has 0 fully saturated rings. The summed E-state index contributed by atoms with van der Waals surface area (Å²) in [7, 11) is 5.42. The summed E-state index contributed by atoms with van der Waals surface area (Å²) in [6, 6.07) is -0.724. The second kappa shape index (κ2) is 41.5. The van der Waals surface area contributed by atoms with Gasteiger partial charge >= 0.3 is 11.9 Å². The van der Waals surface area contributed by atoms with E-state index in [1.165, 1.54) is 141 Å². The number of carbonyl (C=O) groups excluding carboxylic acids is 3. The van der Waals surface area contributed by atoms with Gasteiger partial charge in [0.15, 0.2) is 6.10 Å². The monoisotopic (exact) mass is 820 g/mol. The summed E-state index contributed by atoms with van der Waals surface area (Å²) in [5.74, 6) is -1.73. The normalized spacial score (nSPS) is 13.1. The highest BCUT2D eigenvalue weighted by Gasteiger charge is 2.25. The molecule has 0 aliphatic carbocycles. The van der Waals surface area contributed by atoms with Gasteiger partial charge in [-0.2, -0.15) is 0 Å². The van der Waals surface area contributed by atoms with Crippen LogP contribution in [0, 0.1) is 0 Å². The van der Waals surface area contributed by atoms with Gasteiger partial charge in [-0.3, -0.25) is 9.59 Å². The van der Waals surface area contributed by atoms with Gasteiger partial charge in [-0.1, -0.05) is 186 Å². The van der Waals surface area contributed by atoms with Crippen LogP contribution in [0.5, 0.6) is 0 Å². The number of unbranched alkanes of at least 4 members (excludes halogenated alkanes) is 26. The van der Waals surface area contributed by atoms with Crippen LogP contribution in [0.2, 0.25) is 0 Å². The number of esters is 2. The molecular formula is C50H93NO7. The number of hydrogen-bond acceptors (Lipinski definition) is 7. The van der Waals surface area contributed by atoms with Crippen molar-refractivity contribution in [2.45, 2.75) is 238 Å². The number of rotatable bonds is 44. The van der Waals surface area contributed by atoms with Crippen LogP contribution in [0.4, 0.5) is 0 Å². The molecule has 0 aromatic heterocycles. The lowest BCUT2D eigenvalue weighted by Crippen LogP contribution is -2.55. The molecule has 0 saturated heterocycles. The zero-order valence-electron chi connectivity index (χ0n) is 38.7. The summed E-state index contributed by atoms with van der Waals surface area (Å²) < 4.78 is 17.2. The Hall–Kier alpha value is -2.19. The highest BCUT2D eigenvalue weighted by molar-refractivity contribution is 5.70. The standard InChI is InChI=1S/C50H93NO7/c1-6-8-10-12-14-16-18-20-22-24-25-27-29-31-33-35-37-39-41-49(53)58-46(44-56-43-42-47(50(54)55)51(3,4)5)45-57-48(52)40-38-36-34-32-30-28-26-23-21-19-17-15-13-11-9-7-2/h16,18,22,24,46-47H,6-15,17,19-21,23,25-45H2,1-5H3/b18-16-,24-22-. The first-order valence-electron chi connectivity index (χ1n) is 24.4. The quantitative estimate of drug-likeness (QED) is 0.0261. The number of ether oxygens (including phenoxy) is 3. The number of aliphatic carboxylic acids is 1. The van der Waals surface area contributed by atoms with E-state index in [1.807, 2.05) is 0 Å². The first-order valence-corrected chi connectivity index (χ1v) is 24.4. The smallest absolute Gasteiger partial charge is 0.306 e. The van der Waals surface area contributed by atoms with Gasteiger partial charge in [-0.25, -0.2) is 0 Å². The second-order valence-electron chi connectivity index (χ2n) is 17.7. The van der Waals surface area contributed by atoms with Crippen molar-refractivity contribution in [3.05, 3.63) is 24.3 Å². The van der Waals surface area contributed by atoms with Gasteiger partial charge in [0.2, 0.25) is 0 Å². The fraction of sp³-hybridized carbons (Fsp3) is 0.860. The third-order valence-electron chi connectivity index (χ3n) is 11.1. The van der Waals surface area contributed by atoms with E-state index in [2.05, 4.69) is 38.2 Å². The van der Waals surface area contributed by atoms with E-state index in [-0.39, 0.29) is 42.7 Å². The maximum atomic E-state index is 12.8. The molecule has 0 aromatic carbocycles. The van der Waals surface area contributed by atoms with Gasteiger partial charge < -0.3 is 28.6 Å². The molecule has 0 radical (unpaired) electrons. The van der Waals surface area contributed by atoms with Gasteiger partial charge in [0.25, 0.3) is 0 Å². The molecule has 340 valence electrons. The van der Waals surface area contributed by atoms with Crippen molar-refractivity contribution in [2.24, 2.45) is 0 Å². The van der Waals surface area contributed by atoms with Crippen molar-refractivity contribution >= 4 is 17.9 Å². The largest absolute Gasteiger partial charge is 0.544 e. The number of likely N-dealkylation sites (N-methyl/N-ethyl adjacent to an activating group) is 1. The molecule has 0 heterocycles. The van der Waals surface area contributed by atoms with Crippen molar-refractivity contribution in [3.8, 4) is 0 Å². The highest BCUT2D eigenvalue weighted by atomic mass is 16.6. The maximum Gasteiger partial charge on any atom is 0.306 e. The molecule has 2 unspecified atom stereocenters. The number of hydrogen-bond donors (Lipinski definition) is 0. The third-order valence-corrected chi connectivity index (χ3v) is 11.1. The number of allylic oxidation sites excluding steroid dienone is 4. The van der Waals surface area contributed by atoms with Crippen LogP contribution in [0.25, 0.3) is 0 Å². The van der Waals surface area contributed by atoms with Gasteiger partial charge in [-0.05, 0) is 44.9 Å². The van der Waals surface area contributed by atoms with E-state index in [0.717, 1.165) is 51.4 Å². The van der Waals surface area contributed by atoms with Crippen molar-refractivity contribution in [3.63, 3.8) is 0 Å². The number of quaternary nitrogens is 1. The molecule has 0 bridgehead atoms. The summed E-state index contributed by atoms with van der Waals surface area (Å²) in [5.41, 5.74) is 0. The molecule has 8 heteroatoms. The van der Waals surface area contributed by atoms with Crippen LogP contribution in [-0.2, 0) is 28.6 Å². The molecule has 0 amide bonds. The first-order chi connectivity index (χ1) is 28.1. The topological polar surface area (TPSA) is 102 Å². The van der Waals surface area contributed by atoms with Gasteiger partial charge in [0.1, 0.15) is 12.6 Å². The molecule has 0 N–H and O–H groups in total. The molecule has 2 atom stereocenters. The molecule has 0 aromatic rings. The van der Waals surface area contributed by atoms with Crippen LogP contribution in [-0.4, -0.2) is 75.5 Å². The Balaban J connectivity index is 4.28. The van der Waals surface area contributed by atoms with E-state index in [1.54, 1.807) is 21.1 Å². The Morgan fingerprint density at radius 1 is 0.517 bits per heavy atom. The minimum absolute atomic E-state index is 0.0417. The number of nitrogens with zero attached hydrogens (tertiary/aromatic N) is 1. The Morgan fingerprint density at radius 3 is 1.34 bits per heavy atom. The highest BCUT2D eigenvalue weighted by Crippen LogP contribution is 2.16. The predicted molar refractivity (Wildman–Crippen MR) is 240 cm³/mol. The molecule has 0 spiro atoms. The van der Waals surface area contributed by atoms with Crippen LogP contribution in [0.15, 0.2) is 24.3 Å². The number of carboxylic acids is 1. The molecule has 0 aliphatic rings. The molecule has 8 nitrogen and oxygen atoms in total. The van der Waals surface area contributed by atoms with Crippen molar-refractivity contribution in [2.75, 3.05) is 41.0 Å². The fourth-order valence-electron chi connectivity index (χ4n) is 7.28. The summed E-state index contributed by atoms with van der Waals surface area (Å²) >= 11 is 0. The Morgan fingerprint density at radius 2 is 0.914 bits per heavy atom. The van der Waals surface area contributed by atoms with E-state index >= 15 is 0 Å². The summed E-state index contributed by atoms with van der Waals surface area (Å²) in [6.45, 7) is 4.67. The van der Waals surface area contributed by atoms with E-state index in [9.17, 15) is 19.5 Å². The van der Waals surface area contributed by atoms with Crippen molar-refractivity contribution in [1.29, 1.82) is 0 Å². The Bertz CT molecular complexity index is 1000. The Kier molecular flexibility index (Phi) is 40.0. The van der Waals surface area contributed by atoms with E-state index in [4.69, 9.17) is 14.2 Å². The summed E-state index contributed by atoms with van der Waals surface area (Å²) in [6.07, 6.45) is 46.2. The minimum Gasteiger partial charge on any atom is -0.544 e. The van der Waals surface area contributed by atoms with Gasteiger partial charge in [0.05, 0.1) is 40.3 Å². The maximum absolute atomic E-state index is 12.8. The van der Waals surface area contributed by atoms with E-state index < -0.39 is 18.1 Å². The van der Waals surface area contributed by atoms with E-state index in [0.29, 0.717) is 12.8 Å². The summed E-state index contributed by atoms with van der Waals surface area (Å²) in [4.78, 5) is 36.9. The summed E-state index contributed by atoms with van der Waals surface area (Å²) in [5, 5.41) is 11.6. The molecule has 0 saturated carbocycles. The zero-order valence-corrected chi connectivity index (χ0v) is 38.7. The van der Waals surface area contributed by atoms with Crippen LogP contribution < -0.4 is 5.11 Å². The van der Waals surface area contributed by atoms with Gasteiger partial charge in [-0.15, -0.1) is 0 Å². The lowest BCUT2D eigenvalue weighted by Gasteiger charge is -2.34. The van der Waals surface area contributed by atoms with Crippen LogP contribution in [0.1, 0.15) is 226 Å². The molecule has 58 heavy (non-hydrogen) atoms. The molecule has 0 aliphatic heterocycles. The van der Waals surface area contributed by atoms with Gasteiger partial charge in [0, 0.05) is 19.3 Å². The Labute approximate surface area is 358 Å². The lowest BCUT2D eigenvalue weighted by molar-refractivity contribution is -0.889. The average Bonchev–Trinajstić information content (AvgIpc) is 3.18. The van der Waals surface area contributed by atoms with Crippen LogP contribution >= 0.6 is 0 Å². The zero-order chi connectivity index (χ0) is 42.8. The average molecular weight is 820 g/mol. The molecule has 0 rings (SSSR count). The van der Waals surface area contributed by atoms with Crippen molar-refractivity contribution in [1.82, 2.24) is 0 Å². The molecular weight excluding hydrogens is 727 g/mol. The lowest BCUT2D eigenvalue weighted by atomic mass is 10.0. The third kappa shape index (κ3) is 39.3. The second-order valence-corrected chi connectivity index (χ2v) is 17.7. The fourth-order valence-corrected chi connectivity index (χ4v) is 7.28. The van der Waals surface area contributed by atoms with Crippen LogP contribution in [0.3, 0.4) is 0 Å². The van der Waals surface area contributed by atoms with Crippen molar-refractivity contribution < 1.29 is 38.2 Å². The number of carboxylic acid groups (broad SMARTS) is 1.